The van der Waals surface area contributed by atoms with Gasteiger partial charge in [0, 0.05) is 18.8 Å². The third-order valence-corrected chi connectivity index (χ3v) is 2.83. The summed E-state index contributed by atoms with van der Waals surface area (Å²) < 4.78 is 1.82. The van der Waals surface area contributed by atoms with Crippen LogP contribution in [-0.2, 0) is 11.3 Å². The summed E-state index contributed by atoms with van der Waals surface area (Å²) in [6, 6.07) is -0.0922. The molecule has 0 radical (unpaired) electrons. The van der Waals surface area contributed by atoms with Crippen LogP contribution in [0.25, 0.3) is 0 Å². The number of amides is 1. The molecule has 0 aliphatic carbocycles. The molecule has 0 saturated heterocycles. The molecule has 5 nitrogen and oxygen atoms in total. The lowest BCUT2D eigenvalue weighted by molar-refractivity contribution is -0.121. The molecule has 3 N–H and O–H groups in total. The number of hydrogen-bond acceptors (Lipinski definition) is 3. The number of rotatable bonds is 6. The molecule has 1 rings (SSSR count). The SMILES string of the molecule is CC(C)CNC(=O)Cn1cncc1C(N)C(C)C. The third-order valence-electron chi connectivity index (χ3n) is 2.83. The van der Waals surface area contributed by atoms with Crippen LogP contribution in [0.15, 0.2) is 12.5 Å². The van der Waals surface area contributed by atoms with Gasteiger partial charge in [0.15, 0.2) is 0 Å². The average molecular weight is 252 g/mol. The summed E-state index contributed by atoms with van der Waals surface area (Å²) in [7, 11) is 0. The van der Waals surface area contributed by atoms with Crippen molar-refractivity contribution < 1.29 is 4.79 Å². The van der Waals surface area contributed by atoms with Crippen molar-refractivity contribution in [1.82, 2.24) is 14.9 Å². The van der Waals surface area contributed by atoms with Crippen LogP contribution in [0.4, 0.5) is 0 Å². The summed E-state index contributed by atoms with van der Waals surface area (Å²) in [5, 5.41) is 2.89. The normalized spacial score (nSPS) is 13.1. The molecule has 0 spiro atoms. The van der Waals surface area contributed by atoms with Gasteiger partial charge in [0.05, 0.1) is 12.0 Å². The predicted molar refractivity (Wildman–Crippen MR) is 71.8 cm³/mol. The van der Waals surface area contributed by atoms with E-state index < -0.39 is 0 Å². The maximum atomic E-state index is 11.8. The largest absolute Gasteiger partial charge is 0.354 e. The monoisotopic (exact) mass is 252 g/mol. The van der Waals surface area contributed by atoms with E-state index in [0.717, 1.165) is 5.69 Å². The van der Waals surface area contributed by atoms with Crippen molar-refractivity contribution in [3.8, 4) is 0 Å². The Morgan fingerprint density at radius 2 is 2.11 bits per heavy atom. The van der Waals surface area contributed by atoms with Crippen molar-refractivity contribution in [2.45, 2.75) is 40.3 Å². The quantitative estimate of drug-likeness (QED) is 0.801. The fourth-order valence-electron chi connectivity index (χ4n) is 1.61. The standard InChI is InChI=1S/C13H24N4O/c1-9(2)5-16-12(18)7-17-8-15-6-11(17)13(14)10(3)4/h6,8-10,13H,5,7,14H2,1-4H3,(H,16,18). The highest BCUT2D eigenvalue weighted by atomic mass is 16.1. The Labute approximate surface area is 109 Å². The van der Waals surface area contributed by atoms with Gasteiger partial charge >= 0.3 is 0 Å². The van der Waals surface area contributed by atoms with E-state index in [1.807, 2.05) is 4.57 Å². The molecule has 1 amide bonds. The average Bonchev–Trinajstić information content (AvgIpc) is 2.73. The van der Waals surface area contributed by atoms with Crippen LogP contribution < -0.4 is 11.1 Å². The first-order chi connectivity index (χ1) is 8.41. The molecule has 0 saturated carbocycles. The number of aromatic nitrogens is 2. The first kappa shape index (κ1) is 14.7. The summed E-state index contributed by atoms with van der Waals surface area (Å²) in [5.74, 6) is 0.771. The number of carbonyl (C=O) groups is 1. The fraction of sp³-hybridized carbons (Fsp3) is 0.692. The van der Waals surface area contributed by atoms with E-state index in [4.69, 9.17) is 5.73 Å². The molecule has 0 bridgehead atoms. The maximum Gasteiger partial charge on any atom is 0.239 e. The van der Waals surface area contributed by atoms with Gasteiger partial charge < -0.3 is 15.6 Å². The Kier molecular flexibility index (Phi) is 5.34. The molecule has 0 aliphatic heterocycles. The van der Waals surface area contributed by atoms with Crippen molar-refractivity contribution in [2.24, 2.45) is 17.6 Å². The molecule has 18 heavy (non-hydrogen) atoms. The Balaban J connectivity index is 2.62. The summed E-state index contributed by atoms with van der Waals surface area (Å²) in [6.45, 7) is 9.22. The topological polar surface area (TPSA) is 72.9 Å². The number of carbonyl (C=O) groups excluding carboxylic acids is 1. The zero-order chi connectivity index (χ0) is 13.7. The molecule has 5 heteroatoms. The second kappa shape index (κ2) is 6.54. The Morgan fingerprint density at radius 3 is 2.67 bits per heavy atom. The van der Waals surface area contributed by atoms with Crippen LogP contribution in [0, 0.1) is 11.8 Å². The molecule has 1 atom stereocenters. The van der Waals surface area contributed by atoms with E-state index in [9.17, 15) is 4.79 Å². The van der Waals surface area contributed by atoms with Gasteiger partial charge in [-0.3, -0.25) is 4.79 Å². The predicted octanol–water partition coefficient (Wildman–Crippen LogP) is 1.31. The first-order valence-electron chi connectivity index (χ1n) is 6.44. The van der Waals surface area contributed by atoms with Crippen molar-refractivity contribution >= 4 is 5.91 Å². The maximum absolute atomic E-state index is 11.8. The van der Waals surface area contributed by atoms with Gasteiger partial charge in [0.25, 0.3) is 0 Å². The fourth-order valence-corrected chi connectivity index (χ4v) is 1.61. The molecular formula is C13H24N4O. The minimum absolute atomic E-state index is 0.00101. The summed E-state index contributed by atoms with van der Waals surface area (Å²) in [6.07, 6.45) is 3.40. The van der Waals surface area contributed by atoms with E-state index in [1.165, 1.54) is 0 Å². The van der Waals surface area contributed by atoms with E-state index >= 15 is 0 Å². The van der Waals surface area contributed by atoms with Crippen molar-refractivity contribution in [2.75, 3.05) is 6.54 Å². The second-order valence-corrected chi connectivity index (χ2v) is 5.41. The van der Waals surface area contributed by atoms with Crippen LogP contribution in [0.1, 0.15) is 39.4 Å². The van der Waals surface area contributed by atoms with Gasteiger partial charge in [-0.2, -0.15) is 0 Å². The zero-order valence-electron chi connectivity index (χ0n) is 11.7. The number of imidazole rings is 1. The molecule has 0 aromatic carbocycles. The van der Waals surface area contributed by atoms with E-state index in [2.05, 4.69) is 38.0 Å². The minimum atomic E-state index is -0.0922. The highest BCUT2D eigenvalue weighted by molar-refractivity contribution is 5.75. The molecule has 1 heterocycles. The molecule has 0 aliphatic rings. The number of nitrogens with one attached hydrogen (secondary N) is 1. The van der Waals surface area contributed by atoms with Crippen LogP contribution in [0.2, 0.25) is 0 Å². The summed E-state index contributed by atoms with van der Waals surface area (Å²) >= 11 is 0. The highest BCUT2D eigenvalue weighted by Crippen LogP contribution is 2.18. The lowest BCUT2D eigenvalue weighted by Gasteiger charge is -2.17. The van der Waals surface area contributed by atoms with Crippen LogP contribution in [-0.4, -0.2) is 22.0 Å². The Bertz CT molecular complexity index is 384. The Hall–Kier alpha value is -1.36. The van der Waals surface area contributed by atoms with E-state index in [1.54, 1.807) is 12.5 Å². The Morgan fingerprint density at radius 1 is 1.44 bits per heavy atom. The molecule has 1 aromatic heterocycles. The van der Waals surface area contributed by atoms with Gasteiger partial charge in [-0.1, -0.05) is 27.7 Å². The molecule has 1 unspecified atom stereocenters. The van der Waals surface area contributed by atoms with Gasteiger partial charge in [-0.05, 0) is 11.8 Å². The zero-order valence-corrected chi connectivity index (χ0v) is 11.7. The highest BCUT2D eigenvalue weighted by Gasteiger charge is 2.16. The number of nitrogens with two attached hydrogens (primary N) is 1. The lowest BCUT2D eigenvalue weighted by Crippen LogP contribution is -2.32. The van der Waals surface area contributed by atoms with Gasteiger partial charge in [0.1, 0.15) is 6.54 Å². The van der Waals surface area contributed by atoms with Crippen LogP contribution >= 0.6 is 0 Å². The van der Waals surface area contributed by atoms with E-state index in [-0.39, 0.29) is 18.5 Å². The molecule has 1 aromatic rings. The van der Waals surface area contributed by atoms with Gasteiger partial charge in [-0.15, -0.1) is 0 Å². The second-order valence-electron chi connectivity index (χ2n) is 5.41. The number of nitrogens with zero attached hydrogens (tertiary/aromatic N) is 2. The van der Waals surface area contributed by atoms with Crippen molar-refractivity contribution in [3.63, 3.8) is 0 Å². The molecule has 0 fully saturated rings. The smallest absolute Gasteiger partial charge is 0.239 e. The van der Waals surface area contributed by atoms with E-state index in [0.29, 0.717) is 18.4 Å². The van der Waals surface area contributed by atoms with Gasteiger partial charge in [-0.25, -0.2) is 4.98 Å². The number of hydrogen-bond donors (Lipinski definition) is 2. The van der Waals surface area contributed by atoms with Gasteiger partial charge in [0.2, 0.25) is 5.91 Å². The minimum Gasteiger partial charge on any atom is -0.354 e. The molecule has 102 valence electrons. The van der Waals surface area contributed by atoms with Crippen molar-refractivity contribution in [3.05, 3.63) is 18.2 Å². The molecular weight excluding hydrogens is 228 g/mol. The van der Waals surface area contributed by atoms with Crippen molar-refractivity contribution in [1.29, 1.82) is 0 Å². The first-order valence-corrected chi connectivity index (χ1v) is 6.44. The summed E-state index contributed by atoms with van der Waals surface area (Å²) in [5.41, 5.74) is 7.00. The lowest BCUT2D eigenvalue weighted by atomic mass is 10.0. The van der Waals surface area contributed by atoms with Crippen LogP contribution in [0.3, 0.4) is 0 Å². The summed E-state index contributed by atoms with van der Waals surface area (Å²) in [4.78, 5) is 15.8. The van der Waals surface area contributed by atoms with Crippen LogP contribution in [0.5, 0.6) is 0 Å². The third kappa shape index (κ3) is 4.14.